The zero-order chi connectivity index (χ0) is 15.4. The van der Waals surface area contributed by atoms with E-state index in [2.05, 4.69) is 5.32 Å². The van der Waals surface area contributed by atoms with E-state index < -0.39 is 0 Å². The van der Waals surface area contributed by atoms with Crippen LogP contribution in [0.15, 0.2) is 24.3 Å². The van der Waals surface area contributed by atoms with Crippen LogP contribution >= 0.6 is 0 Å². The summed E-state index contributed by atoms with van der Waals surface area (Å²) in [7, 11) is 0. The molecule has 0 heterocycles. The van der Waals surface area contributed by atoms with Gasteiger partial charge in [0.2, 0.25) is 5.91 Å². The van der Waals surface area contributed by atoms with E-state index in [9.17, 15) is 4.79 Å². The molecular formula is C19H28N2O. The Bertz CT molecular complexity index is 497. The standard InChI is InChI=1S/C19H28N2O/c20-18-9-5-14(6-10-18)11-12-21-19(22)17-8-7-15-3-1-2-4-16(15)13-17/h5-6,9-10,15-17H,1-4,7-8,11-13,20H2,(H,21,22). The van der Waals surface area contributed by atoms with Gasteiger partial charge in [0, 0.05) is 18.2 Å². The Balaban J connectivity index is 1.43. The summed E-state index contributed by atoms with van der Waals surface area (Å²) in [6, 6.07) is 7.91. The minimum Gasteiger partial charge on any atom is -0.399 e. The molecule has 0 radical (unpaired) electrons. The van der Waals surface area contributed by atoms with Crippen LogP contribution in [-0.4, -0.2) is 12.5 Å². The van der Waals surface area contributed by atoms with Crippen molar-refractivity contribution in [2.45, 2.75) is 51.4 Å². The number of nitrogens with one attached hydrogen (secondary N) is 1. The smallest absolute Gasteiger partial charge is 0.223 e. The van der Waals surface area contributed by atoms with Crippen LogP contribution in [0, 0.1) is 17.8 Å². The number of hydrogen-bond acceptors (Lipinski definition) is 2. The van der Waals surface area contributed by atoms with Crippen LogP contribution in [0.1, 0.15) is 50.5 Å². The zero-order valence-corrected chi connectivity index (χ0v) is 13.4. The first kappa shape index (κ1) is 15.4. The number of carbonyl (C=O) groups is 1. The summed E-state index contributed by atoms with van der Waals surface area (Å²) in [5.41, 5.74) is 7.70. The monoisotopic (exact) mass is 300 g/mol. The Morgan fingerprint density at radius 3 is 2.55 bits per heavy atom. The van der Waals surface area contributed by atoms with Gasteiger partial charge >= 0.3 is 0 Å². The SMILES string of the molecule is Nc1ccc(CCNC(=O)C2CCC3CCCCC3C2)cc1. The van der Waals surface area contributed by atoms with Crippen molar-refractivity contribution < 1.29 is 4.79 Å². The molecule has 0 aromatic heterocycles. The molecule has 3 atom stereocenters. The van der Waals surface area contributed by atoms with E-state index in [1.54, 1.807) is 0 Å². The summed E-state index contributed by atoms with van der Waals surface area (Å²) in [6.45, 7) is 0.730. The Morgan fingerprint density at radius 1 is 1.05 bits per heavy atom. The molecule has 3 heteroatoms. The number of amides is 1. The topological polar surface area (TPSA) is 55.1 Å². The van der Waals surface area contributed by atoms with Crippen LogP contribution in [0.25, 0.3) is 0 Å². The lowest BCUT2D eigenvalue weighted by atomic mass is 9.67. The number of fused-ring (bicyclic) bond motifs is 1. The third-order valence-corrected chi connectivity index (χ3v) is 5.60. The number of carbonyl (C=O) groups excluding carboxylic acids is 1. The van der Waals surface area contributed by atoms with Gasteiger partial charge in [0.05, 0.1) is 0 Å². The van der Waals surface area contributed by atoms with Gasteiger partial charge < -0.3 is 11.1 Å². The first-order chi connectivity index (χ1) is 10.7. The molecule has 2 aliphatic rings. The molecule has 2 aliphatic carbocycles. The highest BCUT2D eigenvalue weighted by atomic mass is 16.1. The summed E-state index contributed by atoms with van der Waals surface area (Å²) < 4.78 is 0. The number of anilines is 1. The largest absolute Gasteiger partial charge is 0.399 e. The molecular weight excluding hydrogens is 272 g/mol. The van der Waals surface area contributed by atoms with Crippen molar-refractivity contribution >= 4 is 11.6 Å². The summed E-state index contributed by atoms with van der Waals surface area (Å²) in [6.07, 6.45) is 9.88. The van der Waals surface area contributed by atoms with Crippen LogP contribution in [-0.2, 0) is 11.2 Å². The van der Waals surface area contributed by atoms with Gasteiger partial charge in [-0.15, -0.1) is 0 Å². The molecule has 2 saturated carbocycles. The number of benzene rings is 1. The molecule has 2 fully saturated rings. The third kappa shape index (κ3) is 3.82. The molecule has 0 saturated heterocycles. The summed E-state index contributed by atoms with van der Waals surface area (Å²) in [4.78, 5) is 12.4. The molecule has 3 rings (SSSR count). The number of nitrogen functional groups attached to an aromatic ring is 1. The fourth-order valence-electron chi connectivity index (χ4n) is 4.27. The van der Waals surface area contributed by atoms with E-state index in [4.69, 9.17) is 5.73 Å². The average Bonchev–Trinajstić information content (AvgIpc) is 2.56. The fourth-order valence-corrected chi connectivity index (χ4v) is 4.27. The lowest BCUT2D eigenvalue weighted by molar-refractivity contribution is -0.127. The number of hydrogen-bond donors (Lipinski definition) is 2. The van der Waals surface area contributed by atoms with Crippen molar-refractivity contribution in [2.75, 3.05) is 12.3 Å². The highest BCUT2D eigenvalue weighted by molar-refractivity contribution is 5.78. The second-order valence-corrected chi connectivity index (χ2v) is 7.10. The molecule has 22 heavy (non-hydrogen) atoms. The lowest BCUT2D eigenvalue weighted by Crippen LogP contribution is -2.38. The molecule has 3 N–H and O–H groups in total. The normalized spacial score (nSPS) is 27.9. The van der Waals surface area contributed by atoms with Crippen LogP contribution < -0.4 is 11.1 Å². The van der Waals surface area contributed by atoms with Gasteiger partial charge in [-0.1, -0.05) is 37.8 Å². The molecule has 1 aromatic carbocycles. The van der Waals surface area contributed by atoms with Gasteiger partial charge in [-0.05, 0) is 55.2 Å². The summed E-state index contributed by atoms with van der Waals surface area (Å²) in [5, 5.41) is 3.14. The second kappa shape index (κ2) is 7.17. The van der Waals surface area contributed by atoms with Gasteiger partial charge in [-0.2, -0.15) is 0 Å². The van der Waals surface area contributed by atoms with Crippen molar-refractivity contribution in [3.63, 3.8) is 0 Å². The van der Waals surface area contributed by atoms with Crippen LogP contribution in [0.2, 0.25) is 0 Å². The molecule has 120 valence electrons. The highest BCUT2D eigenvalue weighted by Crippen LogP contribution is 2.42. The van der Waals surface area contributed by atoms with Gasteiger partial charge in [-0.25, -0.2) is 0 Å². The minimum atomic E-state index is 0.255. The van der Waals surface area contributed by atoms with Gasteiger partial charge in [0.1, 0.15) is 0 Å². The minimum absolute atomic E-state index is 0.255. The van der Waals surface area contributed by atoms with E-state index in [0.29, 0.717) is 0 Å². The van der Waals surface area contributed by atoms with Crippen LogP contribution in [0.4, 0.5) is 5.69 Å². The Hall–Kier alpha value is -1.51. The van der Waals surface area contributed by atoms with Gasteiger partial charge in [-0.3, -0.25) is 4.79 Å². The van der Waals surface area contributed by atoms with E-state index >= 15 is 0 Å². The summed E-state index contributed by atoms with van der Waals surface area (Å²) in [5.74, 6) is 2.26. The predicted octanol–water partition coefficient (Wildman–Crippen LogP) is 3.53. The van der Waals surface area contributed by atoms with Crippen LogP contribution in [0.5, 0.6) is 0 Å². The van der Waals surface area contributed by atoms with E-state index in [0.717, 1.165) is 43.3 Å². The first-order valence-electron chi connectivity index (χ1n) is 8.84. The van der Waals surface area contributed by atoms with E-state index in [-0.39, 0.29) is 11.8 Å². The van der Waals surface area contributed by atoms with Gasteiger partial charge in [0.25, 0.3) is 0 Å². The molecule has 0 spiro atoms. The van der Waals surface area contributed by atoms with Crippen molar-refractivity contribution in [1.29, 1.82) is 0 Å². The third-order valence-electron chi connectivity index (χ3n) is 5.60. The lowest BCUT2D eigenvalue weighted by Gasteiger charge is -2.38. The molecule has 1 aromatic rings. The number of nitrogens with two attached hydrogens (primary N) is 1. The predicted molar refractivity (Wildman–Crippen MR) is 90.4 cm³/mol. The number of rotatable bonds is 4. The van der Waals surface area contributed by atoms with Crippen molar-refractivity contribution in [3.05, 3.63) is 29.8 Å². The quantitative estimate of drug-likeness (QED) is 0.836. The maximum atomic E-state index is 12.4. The molecule has 3 unspecified atom stereocenters. The Morgan fingerprint density at radius 2 is 1.77 bits per heavy atom. The first-order valence-corrected chi connectivity index (χ1v) is 8.84. The maximum Gasteiger partial charge on any atom is 0.223 e. The Kier molecular flexibility index (Phi) is 5.01. The van der Waals surface area contributed by atoms with Crippen LogP contribution in [0.3, 0.4) is 0 Å². The van der Waals surface area contributed by atoms with Crippen molar-refractivity contribution in [1.82, 2.24) is 5.32 Å². The Labute approximate surface area is 133 Å². The molecule has 3 nitrogen and oxygen atoms in total. The fraction of sp³-hybridized carbons (Fsp3) is 0.632. The maximum absolute atomic E-state index is 12.4. The average molecular weight is 300 g/mol. The van der Waals surface area contributed by atoms with E-state index in [1.807, 2.05) is 24.3 Å². The highest BCUT2D eigenvalue weighted by Gasteiger charge is 2.34. The molecule has 0 bridgehead atoms. The second-order valence-electron chi connectivity index (χ2n) is 7.10. The van der Waals surface area contributed by atoms with Crippen molar-refractivity contribution in [2.24, 2.45) is 17.8 Å². The molecule has 1 amide bonds. The molecule has 0 aliphatic heterocycles. The van der Waals surface area contributed by atoms with Gasteiger partial charge in [0.15, 0.2) is 0 Å². The summed E-state index contributed by atoms with van der Waals surface area (Å²) >= 11 is 0. The zero-order valence-electron chi connectivity index (χ0n) is 13.4. The van der Waals surface area contributed by atoms with E-state index in [1.165, 1.54) is 37.7 Å². The van der Waals surface area contributed by atoms with Crippen molar-refractivity contribution in [3.8, 4) is 0 Å².